The third-order valence-electron chi connectivity index (χ3n) is 2.97. The van der Waals surface area contributed by atoms with Crippen molar-refractivity contribution in [3.63, 3.8) is 0 Å². The number of nitrogens with two attached hydrogens (primary N) is 1. The minimum atomic E-state index is -0.496. The maximum Gasteiger partial charge on any atom is 0.237 e. The first-order valence-electron chi connectivity index (χ1n) is 6.23. The molecule has 1 atom stereocenters. The van der Waals surface area contributed by atoms with Crippen LogP contribution < -0.4 is 20.5 Å². The fourth-order valence-corrected chi connectivity index (χ4v) is 1.60. The van der Waals surface area contributed by atoms with Crippen LogP contribution in [-0.2, 0) is 11.3 Å². The van der Waals surface area contributed by atoms with Gasteiger partial charge in [-0.05, 0) is 18.1 Å². The zero-order valence-corrected chi connectivity index (χ0v) is 13.1. The highest BCUT2D eigenvalue weighted by molar-refractivity contribution is 5.85. The summed E-state index contributed by atoms with van der Waals surface area (Å²) in [6, 6.07) is 4.97. The van der Waals surface area contributed by atoms with E-state index in [9.17, 15) is 4.79 Å². The van der Waals surface area contributed by atoms with Crippen LogP contribution in [0.4, 0.5) is 0 Å². The molecule has 0 aliphatic rings. The molecule has 0 aliphatic heterocycles. The summed E-state index contributed by atoms with van der Waals surface area (Å²) in [5.41, 5.74) is 6.66. The van der Waals surface area contributed by atoms with Gasteiger partial charge in [0.15, 0.2) is 0 Å². The summed E-state index contributed by atoms with van der Waals surface area (Å²) >= 11 is 0. The Bertz CT molecular complexity index is 438. The van der Waals surface area contributed by atoms with Gasteiger partial charge < -0.3 is 20.5 Å². The number of rotatable bonds is 6. The van der Waals surface area contributed by atoms with Crippen molar-refractivity contribution < 1.29 is 14.3 Å². The topological polar surface area (TPSA) is 73.6 Å². The van der Waals surface area contributed by atoms with Crippen LogP contribution in [0.25, 0.3) is 0 Å². The van der Waals surface area contributed by atoms with E-state index in [-0.39, 0.29) is 24.2 Å². The number of benzene rings is 1. The molecule has 0 saturated heterocycles. The predicted molar refractivity (Wildman–Crippen MR) is 81.5 cm³/mol. The number of carbonyl (C=O) groups excluding carboxylic acids is 1. The molecule has 0 bridgehead atoms. The Balaban J connectivity index is 0.00000361. The summed E-state index contributed by atoms with van der Waals surface area (Å²) in [5, 5.41) is 2.81. The van der Waals surface area contributed by atoms with Gasteiger partial charge >= 0.3 is 0 Å². The highest BCUT2D eigenvalue weighted by atomic mass is 35.5. The van der Waals surface area contributed by atoms with E-state index in [1.807, 2.05) is 26.0 Å². The van der Waals surface area contributed by atoms with Crippen LogP contribution in [0, 0.1) is 5.92 Å². The molecule has 1 rings (SSSR count). The molecule has 20 heavy (non-hydrogen) atoms. The smallest absolute Gasteiger partial charge is 0.237 e. The quantitative estimate of drug-likeness (QED) is 0.839. The van der Waals surface area contributed by atoms with Crippen LogP contribution in [0.15, 0.2) is 18.2 Å². The van der Waals surface area contributed by atoms with Gasteiger partial charge in [0.1, 0.15) is 11.5 Å². The van der Waals surface area contributed by atoms with Gasteiger partial charge in [-0.2, -0.15) is 0 Å². The Hall–Kier alpha value is -1.46. The molecule has 114 valence electrons. The standard InChI is InChI=1S/C14H22N2O3.ClH/c1-9(2)13(15)14(17)16-8-10-5-6-11(18-3)7-12(10)19-4;/h5-7,9,13H,8,15H2,1-4H3,(H,16,17);1H/t13-;/m0./s1. The molecule has 0 unspecified atom stereocenters. The first-order valence-corrected chi connectivity index (χ1v) is 6.23. The predicted octanol–water partition coefficient (Wildman–Crippen LogP) is 1.73. The van der Waals surface area contributed by atoms with Gasteiger partial charge in [0.25, 0.3) is 0 Å². The lowest BCUT2D eigenvalue weighted by Gasteiger charge is -2.16. The maximum atomic E-state index is 11.8. The number of amides is 1. The molecular formula is C14H23ClN2O3. The van der Waals surface area contributed by atoms with Gasteiger partial charge in [-0.25, -0.2) is 0 Å². The summed E-state index contributed by atoms with van der Waals surface area (Å²) in [6.45, 7) is 4.21. The molecule has 0 saturated carbocycles. The van der Waals surface area contributed by atoms with Crippen molar-refractivity contribution in [3.8, 4) is 11.5 Å². The zero-order chi connectivity index (χ0) is 14.4. The van der Waals surface area contributed by atoms with Crippen molar-refractivity contribution in [2.75, 3.05) is 14.2 Å². The lowest BCUT2D eigenvalue weighted by molar-refractivity contribution is -0.123. The Morgan fingerprint density at radius 3 is 2.45 bits per heavy atom. The molecule has 0 fully saturated rings. The molecule has 3 N–H and O–H groups in total. The average molecular weight is 303 g/mol. The van der Waals surface area contributed by atoms with E-state index in [1.165, 1.54) is 0 Å². The first kappa shape index (κ1) is 18.5. The molecule has 0 aliphatic carbocycles. The Kier molecular flexibility index (Phi) is 8.03. The monoisotopic (exact) mass is 302 g/mol. The summed E-state index contributed by atoms with van der Waals surface area (Å²) in [5.74, 6) is 1.34. The first-order chi connectivity index (χ1) is 8.99. The molecular weight excluding hydrogens is 280 g/mol. The van der Waals surface area contributed by atoms with Gasteiger partial charge in [-0.15, -0.1) is 12.4 Å². The van der Waals surface area contributed by atoms with E-state index >= 15 is 0 Å². The van der Waals surface area contributed by atoms with Crippen LogP contribution in [-0.4, -0.2) is 26.2 Å². The molecule has 5 nitrogen and oxygen atoms in total. The van der Waals surface area contributed by atoms with Crippen molar-refractivity contribution in [2.24, 2.45) is 11.7 Å². The Morgan fingerprint density at radius 2 is 1.95 bits per heavy atom. The van der Waals surface area contributed by atoms with Crippen molar-refractivity contribution in [3.05, 3.63) is 23.8 Å². The van der Waals surface area contributed by atoms with Crippen LogP contribution in [0.3, 0.4) is 0 Å². The van der Waals surface area contributed by atoms with E-state index in [0.29, 0.717) is 18.0 Å². The second kappa shape index (κ2) is 8.66. The number of hydrogen-bond acceptors (Lipinski definition) is 4. The largest absolute Gasteiger partial charge is 0.497 e. The second-order valence-corrected chi connectivity index (χ2v) is 4.67. The summed E-state index contributed by atoms with van der Waals surface area (Å²) in [4.78, 5) is 11.8. The van der Waals surface area contributed by atoms with Crippen molar-refractivity contribution in [2.45, 2.75) is 26.4 Å². The molecule has 6 heteroatoms. The fraction of sp³-hybridized carbons (Fsp3) is 0.500. The van der Waals surface area contributed by atoms with Gasteiger partial charge in [-0.3, -0.25) is 4.79 Å². The van der Waals surface area contributed by atoms with Crippen molar-refractivity contribution >= 4 is 18.3 Å². The molecule has 1 amide bonds. The highest BCUT2D eigenvalue weighted by Gasteiger charge is 2.17. The number of carbonyl (C=O) groups is 1. The maximum absolute atomic E-state index is 11.8. The van der Waals surface area contributed by atoms with E-state index in [4.69, 9.17) is 15.2 Å². The Labute approximate surface area is 126 Å². The second-order valence-electron chi connectivity index (χ2n) is 4.67. The van der Waals surface area contributed by atoms with Gasteiger partial charge in [-0.1, -0.05) is 13.8 Å². The van der Waals surface area contributed by atoms with E-state index in [1.54, 1.807) is 20.3 Å². The third kappa shape index (κ3) is 4.90. The number of halogens is 1. The van der Waals surface area contributed by atoms with E-state index in [2.05, 4.69) is 5.32 Å². The average Bonchev–Trinajstić information content (AvgIpc) is 2.43. The summed E-state index contributed by atoms with van der Waals surface area (Å²) in [6.07, 6.45) is 0. The Morgan fingerprint density at radius 1 is 1.30 bits per heavy atom. The van der Waals surface area contributed by atoms with Gasteiger partial charge in [0.2, 0.25) is 5.91 Å². The molecule has 0 spiro atoms. The lowest BCUT2D eigenvalue weighted by atomic mass is 10.0. The number of hydrogen-bond donors (Lipinski definition) is 2. The minimum Gasteiger partial charge on any atom is -0.497 e. The van der Waals surface area contributed by atoms with Crippen molar-refractivity contribution in [1.82, 2.24) is 5.32 Å². The van der Waals surface area contributed by atoms with Crippen LogP contribution in [0.1, 0.15) is 19.4 Å². The SMILES string of the molecule is COc1ccc(CNC(=O)[C@@H](N)C(C)C)c(OC)c1.Cl. The fourth-order valence-electron chi connectivity index (χ4n) is 1.60. The number of methoxy groups -OCH3 is 2. The number of nitrogens with one attached hydrogen (secondary N) is 1. The van der Waals surface area contributed by atoms with Gasteiger partial charge in [0.05, 0.1) is 20.3 Å². The van der Waals surface area contributed by atoms with E-state index in [0.717, 1.165) is 5.56 Å². The highest BCUT2D eigenvalue weighted by Crippen LogP contribution is 2.24. The third-order valence-corrected chi connectivity index (χ3v) is 2.97. The normalized spacial score (nSPS) is 11.5. The van der Waals surface area contributed by atoms with Crippen LogP contribution in [0.5, 0.6) is 11.5 Å². The van der Waals surface area contributed by atoms with Crippen molar-refractivity contribution in [1.29, 1.82) is 0 Å². The molecule has 1 aromatic rings. The van der Waals surface area contributed by atoms with E-state index < -0.39 is 6.04 Å². The zero-order valence-electron chi connectivity index (χ0n) is 12.3. The summed E-state index contributed by atoms with van der Waals surface area (Å²) < 4.78 is 10.4. The van der Waals surface area contributed by atoms with Crippen LogP contribution >= 0.6 is 12.4 Å². The minimum absolute atomic E-state index is 0. The molecule has 1 aromatic carbocycles. The number of ether oxygens (including phenoxy) is 2. The van der Waals surface area contributed by atoms with Gasteiger partial charge in [0, 0.05) is 18.2 Å². The molecule has 0 heterocycles. The molecule has 0 radical (unpaired) electrons. The van der Waals surface area contributed by atoms with Crippen LogP contribution in [0.2, 0.25) is 0 Å². The molecule has 0 aromatic heterocycles. The lowest BCUT2D eigenvalue weighted by Crippen LogP contribution is -2.43. The summed E-state index contributed by atoms with van der Waals surface area (Å²) in [7, 11) is 3.18.